The standard InChI is InChI=1S/C10H14O2/c1-7(2)10(12)8-5-3-4-6-9(8)11/h3-7,10-12H,1-2H3/t10-/m1/s1. The summed E-state index contributed by atoms with van der Waals surface area (Å²) in [6, 6.07) is 6.87. The monoisotopic (exact) mass is 166 g/mol. The van der Waals surface area contributed by atoms with Gasteiger partial charge in [0.1, 0.15) is 5.75 Å². The van der Waals surface area contributed by atoms with Gasteiger partial charge in [0.15, 0.2) is 0 Å². The van der Waals surface area contributed by atoms with Crippen LogP contribution in [0, 0.1) is 5.92 Å². The predicted molar refractivity (Wildman–Crippen MR) is 47.9 cm³/mol. The first-order valence-electron chi connectivity index (χ1n) is 4.09. The Morgan fingerprint density at radius 1 is 1.17 bits per heavy atom. The maximum Gasteiger partial charge on any atom is 0.121 e. The fourth-order valence-electron chi connectivity index (χ4n) is 1.10. The molecule has 0 saturated carbocycles. The van der Waals surface area contributed by atoms with Gasteiger partial charge in [-0.3, -0.25) is 0 Å². The van der Waals surface area contributed by atoms with Crippen LogP contribution in [0.25, 0.3) is 0 Å². The molecule has 1 atom stereocenters. The summed E-state index contributed by atoms with van der Waals surface area (Å²) < 4.78 is 0. The molecule has 0 unspecified atom stereocenters. The van der Waals surface area contributed by atoms with Gasteiger partial charge in [-0.05, 0) is 12.0 Å². The zero-order valence-corrected chi connectivity index (χ0v) is 7.36. The van der Waals surface area contributed by atoms with E-state index in [0.29, 0.717) is 5.56 Å². The number of rotatable bonds is 2. The molecule has 2 nitrogen and oxygen atoms in total. The van der Waals surface area contributed by atoms with Crippen LogP contribution in [-0.4, -0.2) is 10.2 Å². The molecule has 0 aromatic heterocycles. The number of benzene rings is 1. The first kappa shape index (κ1) is 9.07. The van der Waals surface area contributed by atoms with Crippen LogP contribution in [0.2, 0.25) is 0 Å². The minimum atomic E-state index is -0.578. The summed E-state index contributed by atoms with van der Waals surface area (Å²) in [5.41, 5.74) is 0.604. The molecule has 0 aliphatic rings. The van der Waals surface area contributed by atoms with Crippen LogP contribution in [-0.2, 0) is 0 Å². The summed E-state index contributed by atoms with van der Waals surface area (Å²) in [5.74, 6) is 0.289. The summed E-state index contributed by atoms with van der Waals surface area (Å²) >= 11 is 0. The molecule has 0 aliphatic carbocycles. The Hall–Kier alpha value is -1.02. The van der Waals surface area contributed by atoms with Crippen LogP contribution in [0.3, 0.4) is 0 Å². The molecule has 1 rings (SSSR count). The van der Waals surface area contributed by atoms with E-state index < -0.39 is 6.10 Å². The molecule has 0 aliphatic heterocycles. The lowest BCUT2D eigenvalue weighted by Crippen LogP contribution is -2.05. The van der Waals surface area contributed by atoms with Gasteiger partial charge in [0.2, 0.25) is 0 Å². The van der Waals surface area contributed by atoms with E-state index in [4.69, 9.17) is 0 Å². The molecule has 12 heavy (non-hydrogen) atoms. The molecular formula is C10H14O2. The minimum Gasteiger partial charge on any atom is -0.508 e. The van der Waals surface area contributed by atoms with Crippen molar-refractivity contribution in [3.05, 3.63) is 29.8 Å². The molecule has 1 aromatic rings. The lowest BCUT2D eigenvalue weighted by Gasteiger charge is -2.15. The van der Waals surface area contributed by atoms with E-state index >= 15 is 0 Å². The van der Waals surface area contributed by atoms with Crippen LogP contribution >= 0.6 is 0 Å². The second-order valence-corrected chi connectivity index (χ2v) is 3.25. The van der Waals surface area contributed by atoms with Crippen molar-refractivity contribution in [2.45, 2.75) is 20.0 Å². The van der Waals surface area contributed by atoms with Crippen molar-refractivity contribution in [1.29, 1.82) is 0 Å². The van der Waals surface area contributed by atoms with Gasteiger partial charge < -0.3 is 10.2 Å². The molecule has 0 fully saturated rings. The molecule has 0 bridgehead atoms. The Kier molecular flexibility index (Phi) is 2.71. The van der Waals surface area contributed by atoms with Gasteiger partial charge in [0.25, 0.3) is 0 Å². The summed E-state index contributed by atoms with van der Waals surface area (Å²) in [6.45, 7) is 3.83. The van der Waals surface area contributed by atoms with Crippen LogP contribution in [0.5, 0.6) is 5.75 Å². The highest BCUT2D eigenvalue weighted by Gasteiger charge is 2.14. The van der Waals surface area contributed by atoms with Crippen molar-refractivity contribution in [3.63, 3.8) is 0 Å². The fourth-order valence-corrected chi connectivity index (χ4v) is 1.10. The molecule has 0 saturated heterocycles. The van der Waals surface area contributed by atoms with Gasteiger partial charge in [-0.25, -0.2) is 0 Å². The third-order valence-corrected chi connectivity index (χ3v) is 1.89. The zero-order valence-electron chi connectivity index (χ0n) is 7.36. The molecule has 2 N–H and O–H groups in total. The van der Waals surface area contributed by atoms with E-state index in [1.807, 2.05) is 13.8 Å². The molecule has 0 radical (unpaired) electrons. The van der Waals surface area contributed by atoms with E-state index in [1.54, 1.807) is 24.3 Å². The molecule has 0 heterocycles. The third-order valence-electron chi connectivity index (χ3n) is 1.89. The maximum atomic E-state index is 9.62. The van der Waals surface area contributed by atoms with Gasteiger partial charge >= 0.3 is 0 Å². The molecule has 0 amide bonds. The average molecular weight is 166 g/mol. The van der Waals surface area contributed by atoms with Crippen LogP contribution < -0.4 is 0 Å². The number of para-hydroxylation sites is 1. The van der Waals surface area contributed by atoms with E-state index in [1.165, 1.54) is 0 Å². The predicted octanol–water partition coefficient (Wildman–Crippen LogP) is 2.08. The molecule has 0 spiro atoms. The van der Waals surface area contributed by atoms with E-state index in [0.717, 1.165) is 0 Å². The fraction of sp³-hybridized carbons (Fsp3) is 0.400. The summed E-state index contributed by atoms with van der Waals surface area (Å²) in [4.78, 5) is 0. The van der Waals surface area contributed by atoms with Crippen molar-refractivity contribution in [2.75, 3.05) is 0 Å². The van der Waals surface area contributed by atoms with E-state index in [9.17, 15) is 10.2 Å². The van der Waals surface area contributed by atoms with E-state index in [2.05, 4.69) is 0 Å². The van der Waals surface area contributed by atoms with Crippen molar-refractivity contribution >= 4 is 0 Å². The van der Waals surface area contributed by atoms with Gasteiger partial charge in [0.05, 0.1) is 6.10 Å². The van der Waals surface area contributed by atoms with E-state index in [-0.39, 0.29) is 11.7 Å². The Labute approximate surface area is 72.5 Å². The molecule has 1 aromatic carbocycles. The number of phenolic OH excluding ortho intramolecular Hbond substituents is 1. The summed E-state index contributed by atoms with van der Waals surface area (Å²) in [7, 11) is 0. The highest BCUT2D eigenvalue weighted by Crippen LogP contribution is 2.28. The quantitative estimate of drug-likeness (QED) is 0.706. The second-order valence-electron chi connectivity index (χ2n) is 3.25. The lowest BCUT2D eigenvalue weighted by atomic mass is 9.98. The minimum absolute atomic E-state index is 0.123. The number of hydrogen-bond donors (Lipinski definition) is 2. The molecule has 2 heteroatoms. The first-order chi connectivity index (χ1) is 5.63. The van der Waals surface area contributed by atoms with Crippen LogP contribution in [0.1, 0.15) is 25.5 Å². The highest BCUT2D eigenvalue weighted by atomic mass is 16.3. The average Bonchev–Trinajstić information content (AvgIpc) is 2.04. The summed E-state index contributed by atoms with van der Waals surface area (Å²) in [5, 5.41) is 19.0. The number of phenols is 1. The second kappa shape index (κ2) is 3.59. The van der Waals surface area contributed by atoms with Crippen LogP contribution in [0.15, 0.2) is 24.3 Å². The van der Waals surface area contributed by atoms with Crippen LogP contribution in [0.4, 0.5) is 0 Å². The Balaban J connectivity index is 2.94. The molecule has 66 valence electrons. The van der Waals surface area contributed by atoms with Gasteiger partial charge in [0, 0.05) is 5.56 Å². The number of aromatic hydroxyl groups is 1. The normalized spacial score (nSPS) is 13.3. The summed E-state index contributed by atoms with van der Waals surface area (Å²) in [6.07, 6.45) is -0.578. The zero-order chi connectivity index (χ0) is 9.14. The van der Waals surface area contributed by atoms with Crippen molar-refractivity contribution in [1.82, 2.24) is 0 Å². The smallest absolute Gasteiger partial charge is 0.121 e. The van der Waals surface area contributed by atoms with Crippen molar-refractivity contribution in [2.24, 2.45) is 5.92 Å². The van der Waals surface area contributed by atoms with Crippen molar-refractivity contribution in [3.8, 4) is 5.75 Å². The number of hydrogen-bond acceptors (Lipinski definition) is 2. The SMILES string of the molecule is CC(C)[C@@H](O)c1ccccc1O. The number of aliphatic hydroxyl groups is 1. The van der Waals surface area contributed by atoms with Crippen molar-refractivity contribution < 1.29 is 10.2 Å². The first-order valence-corrected chi connectivity index (χ1v) is 4.09. The largest absolute Gasteiger partial charge is 0.508 e. The molecular weight excluding hydrogens is 152 g/mol. The van der Waals surface area contributed by atoms with Gasteiger partial charge in [-0.2, -0.15) is 0 Å². The Bertz CT molecular complexity index is 256. The Morgan fingerprint density at radius 3 is 2.25 bits per heavy atom. The topological polar surface area (TPSA) is 40.5 Å². The van der Waals surface area contributed by atoms with Gasteiger partial charge in [-0.15, -0.1) is 0 Å². The highest BCUT2D eigenvalue weighted by molar-refractivity contribution is 5.33. The van der Waals surface area contributed by atoms with Gasteiger partial charge in [-0.1, -0.05) is 32.0 Å². The number of aliphatic hydroxyl groups excluding tert-OH is 1. The lowest BCUT2D eigenvalue weighted by molar-refractivity contribution is 0.124. The maximum absolute atomic E-state index is 9.62. The Morgan fingerprint density at radius 2 is 1.75 bits per heavy atom. The third kappa shape index (κ3) is 1.77.